The number of hydrogen-bond donors (Lipinski definition) is 2. The summed E-state index contributed by atoms with van der Waals surface area (Å²) in [5.74, 6) is -0.235. The molecule has 0 saturated carbocycles. The number of nitrogens with zero attached hydrogens (tertiary/aromatic N) is 1. The summed E-state index contributed by atoms with van der Waals surface area (Å²) in [4.78, 5) is 22.7. The molecule has 15 heavy (non-hydrogen) atoms. The largest absolute Gasteiger partial charge is 0.352 e. The molecule has 0 saturated heterocycles. The lowest BCUT2D eigenvalue weighted by Gasteiger charge is -2.04. The van der Waals surface area contributed by atoms with Gasteiger partial charge in [-0.05, 0) is 19.0 Å². The van der Waals surface area contributed by atoms with Crippen LogP contribution in [0.2, 0.25) is 0 Å². The first-order valence-corrected chi connectivity index (χ1v) is 4.80. The fourth-order valence-electron chi connectivity index (χ4n) is 1.10. The van der Waals surface area contributed by atoms with Crippen molar-refractivity contribution in [1.29, 1.82) is 0 Å². The van der Waals surface area contributed by atoms with Crippen LogP contribution in [0.25, 0.3) is 0 Å². The quantitative estimate of drug-likeness (QED) is 0.654. The summed E-state index contributed by atoms with van der Waals surface area (Å²) >= 11 is 0. The lowest BCUT2D eigenvalue weighted by molar-refractivity contribution is 0.0953. The monoisotopic (exact) mass is 209 g/mol. The molecule has 5 nitrogen and oxygen atoms in total. The van der Waals surface area contributed by atoms with Crippen molar-refractivity contribution in [2.45, 2.75) is 6.42 Å². The number of hydrogen-bond acceptors (Lipinski definition) is 3. The molecule has 1 aromatic heterocycles. The molecule has 0 bridgehead atoms. The van der Waals surface area contributed by atoms with Crippen LogP contribution in [0.4, 0.5) is 0 Å². The maximum atomic E-state index is 11.5. The highest BCUT2D eigenvalue weighted by Crippen LogP contribution is 1.93. The van der Waals surface area contributed by atoms with Crippen molar-refractivity contribution in [3.63, 3.8) is 0 Å². The number of nitrogens with two attached hydrogens (primary N) is 1. The van der Waals surface area contributed by atoms with Gasteiger partial charge in [-0.25, -0.2) is 0 Å². The van der Waals surface area contributed by atoms with Crippen molar-refractivity contribution in [2.24, 2.45) is 12.8 Å². The molecule has 0 aromatic carbocycles. The van der Waals surface area contributed by atoms with Gasteiger partial charge in [0, 0.05) is 31.4 Å². The molecule has 0 fully saturated rings. The molecular formula is C10H15N3O2. The molecule has 1 rings (SSSR count). The van der Waals surface area contributed by atoms with E-state index in [0.717, 1.165) is 6.42 Å². The predicted molar refractivity (Wildman–Crippen MR) is 57.7 cm³/mol. The molecule has 3 N–H and O–H groups in total. The molecule has 82 valence electrons. The lowest BCUT2D eigenvalue weighted by Crippen LogP contribution is -2.27. The molecule has 0 aliphatic rings. The summed E-state index contributed by atoms with van der Waals surface area (Å²) in [6.07, 6.45) is 2.30. The van der Waals surface area contributed by atoms with Crippen LogP contribution in [0, 0.1) is 0 Å². The third kappa shape index (κ3) is 3.21. The van der Waals surface area contributed by atoms with Crippen LogP contribution in [0.3, 0.4) is 0 Å². The highest BCUT2D eigenvalue weighted by Gasteiger charge is 2.05. The van der Waals surface area contributed by atoms with Gasteiger partial charge in [0.25, 0.3) is 11.5 Å². The minimum absolute atomic E-state index is 0.193. The van der Waals surface area contributed by atoms with Crippen LogP contribution in [-0.4, -0.2) is 23.6 Å². The summed E-state index contributed by atoms with van der Waals surface area (Å²) in [6.45, 7) is 1.07. The van der Waals surface area contributed by atoms with Gasteiger partial charge in [0.05, 0.1) is 0 Å². The number of nitrogens with one attached hydrogen (secondary N) is 1. The highest BCUT2D eigenvalue weighted by molar-refractivity contribution is 5.93. The number of amides is 1. The van der Waals surface area contributed by atoms with Gasteiger partial charge < -0.3 is 15.6 Å². The van der Waals surface area contributed by atoms with E-state index in [0.29, 0.717) is 18.7 Å². The van der Waals surface area contributed by atoms with Crippen molar-refractivity contribution in [2.75, 3.05) is 13.1 Å². The van der Waals surface area contributed by atoms with E-state index in [-0.39, 0.29) is 11.5 Å². The Kier molecular flexibility index (Phi) is 4.05. The van der Waals surface area contributed by atoms with Gasteiger partial charge >= 0.3 is 0 Å². The fourth-order valence-corrected chi connectivity index (χ4v) is 1.10. The van der Waals surface area contributed by atoms with Gasteiger partial charge in [-0.3, -0.25) is 9.59 Å². The zero-order valence-electron chi connectivity index (χ0n) is 8.69. The Morgan fingerprint density at radius 3 is 2.93 bits per heavy atom. The van der Waals surface area contributed by atoms with Crippen molar-refractivity contribution < 1.29 is 4.79 Å². The Balaban J connectivity index is 2.66. The second-order valence-corrected chi connectivity index (χ2v) is 3.26. The average Bonchev–Trinajstić information content (AvgIpc) is 2.22. The molecule has 0 unspecified atom stereocenters. The van der Waals surface area contributed by atoms with E-state index in [1.165, 1.54) is 10.6 Å². The molecule has 1 aromatic rings. The summed E-state index contributed by atoms with van der Waals surface area (Å²) in [5.41, 5.74) is 5.48. The molecule has 0 radical (unpaired) electrons. The first-order valence-electron chi connectivity index (χ1n) is 4.80. The smallest absolute Gasteiger partial charge is 0.251 e. The Morgan fingerprint density at radius 1 is 1.60 bits per heavy atom. The van der Waals surface area contributed by atoms with Crippen molar-refractivity contribution >= 4 is 5.91 Å². The zero-order valence-corrected chi connectivity index (χ0v) is 8.69. The van der Waals surface area contributed by atoms with Crippen LogP contribution >= 0.6 is 0 Å². The van der Waals surface area contributed by atoms with E-state index in [4.69, 9.17) is 5.73 Å². The second-order valence-electron chi connectivity index (χ2n) is 3.26. The molecule has 1 amide bonds. The topological polar surface area (TPSA) is 77.1 Å². The van der Waals surface area contributed by atoms with E-state index in [1.54, 1.807) is 19.3 Å². The van der Waals surface area contributed by atoms with Crippen LogP contribution in [0.15, 0.2) is 23.1 Å². The Hall–Kier alpha value is -1.62. The number of rotatable bonds is 4. The minimum Gasteiger partial charge on any atom is -0.352 e. The molecule has 0 spiro atoms. The van der Waals surface area contributed by atoms with Gasteiger partial charge in [0.15, 0.2) is 0 Å². The minimum atomic E-state index is -0.235. The SMILES string of the molecule is Cn1ccc(C(=O)NCCCN)cc1=O. The lowest BCUT2D eigenvalue weighted by atomic mass is 10.2. The number of carbonyl (C=O) groups excluding carboxylic acids is 1. The maximum absolute atomic E-state index is 11.5. The molecule has 0 aliphatic heterocycles. The van der Waals surface area contributed by atoms with Crippen LogP contribution < -0.4 is 16.6 Å². The molecule has 0 aliphatic carbocycles. The summed E-state index contributed by atoms with van der Waals surface area (Å²) in [7, 11) is 1.64. The van der Waals surface area contributed by atoms with Crippen molar-refractivity contribution in [3.8, 4) is 0 Å². The fraction of sp³-hybridized carbons (Fsp3) is 0.400. The number of aromatic nitrogens is 1. The van der Waals surface area contributed by atoms with Gasteiger partial charge in [-0.2, -0.15) is 0 Å². The van der Waals surface area contributed by atoms with Crippen molar-refractivity contribution in [3.05, 3.63) is 34.2 Å². The van der Waals surface area contributed by atoms with Gasteiger partial charge in [0.2, 0.25) is 0 Å². The summed E-state index contributed by atoms with van der Waals surface area (Å²) < 4.78 is 1.41. The van der Waals surface area contributed by atoms with E-state index in [1.807, 2.05) is 0 Å². The molecule has 0 atom stereocenters. The van der Waals surface area contributed by atoms with E-state index in [9.17, 15) is 9.59 Å². The first-order chi connectivity index (χ1) is 7.15. The Bertz CT molecular complexity index is 398. The number of aryl methyl sites for hydroxylation is 1. The maximum Gasteiger partial charge on any atom is 0.251 e. The third-order valence-electron chi connectivity index (χ3n) is 2.03. The number of pyridine rings is 1. The standard InChI is InChI=1S/C10H15N3O2/c1-13-6-3-8(7-9(13)14)10(15)12-5-2-4-11/h3,6-7H,2,4-5,11H2,1H3,(H,12,15). The van der Waals surface area contributed by atoms with Gasteiger partial charge in [-0.1, -0.05) is 0 Å². The highest BCUT2D eigenvalue weighted by atomic mass is 16.2. The van der Waals surface area contributed by atoms with E-state index >= 15 is 0 Å². The van der Waals surface area contributed by atoms with Crippen molar-refractivity contribution in [1.82, 2.24) is 9.88 Å². The third-order valence-corrected chi connectivity index (χ3v) is 2.03. The van der Waals surface area contributed by atoms with Gasteiger partial charge in [0.1, 0.15) is 0 Å². The van der Waals surface area contributed by atoms with Gasteiger partial charge in [-0.15, -0.1) is 0 Å². The summed E-state index contributed by atoms with van der Waals surface area (Å²) in [5, 5.41) is 2.68. The first kappa shape index (κ1) is 11.5. The second kappa shape index (κ2) is 5.31. The van der Waals surface area contributed by atoms with Crippen LogP contribution in [-0.2, 0) is 7.05 Å². The number of carbonyl (C=O) groups is 1. The normalized spacial score (nSPS) is 10.0. The molecule has 5 heteroatoms. The summed E-state index contributed by atoms with van der Waals surface area (Å²) in [6, 6.07) is 2.93. The molecular weight excluding hydrogens is 194 g/mol. The molecule has 1 heterocycles. The Labute approximate surface area is 87.9 Å². The van der Waals surface area contributed by atoms with E-state index < -0.39 is 0 Å². The zero-order chi connectivity index (χ0) is 11.3. The average molecular weight is 209 g/mol. The Morgan fingerprint density at radius 2 is 2.33 bits per heavy atom. The van der Waals surface area contributed by atoms with Crippen LogP contribution in [0.5, 0.6) is 0 Å². The predicted octanol–water partition coefficient (Wildman–Crippen LogP) is -0.536. The van der Waals surface area contributed by atoms with Crippen LogP contribution in [0.1, 0.15) is 16.8 Å². The van der Waals surface area contributed by atoms with E-state index in [2.05, 4.69) is 5.32 Å².